The van der Waals surface area contributed by atoms with Crippen molar-refractivity contribution in [2.24, 2.45) is 5.92 Å². The van der Waals surface area contributed by atoms with Crippen LogP contribution >= 0.6 is 0 Å². The number of unbranched alkanes of at least 4 members (excludes halogenated alkanes) is 2. The summed E-state index contributed by atoms with van der Waals surface area (Å²) in [6, 6.07) is 15.3. The fourth-order valence-corrected chi connectivity index (χ4v) is 3.46. The van der Waals surface area contributed by atoms with Gasteiger partial charge in [0.05, 0.1) is 19.1 Å². The molecule has 0 saturated heterocycles. The van der Waals surface area contributed by atoms with Crippen LogP contribution in [0.5, 0.6) is 0 Å². The smallest absolute Gasteiger partial charge is 0.252 e. The summed E-state index contributed by atoms with van der Waals surface area (Å²) in [7, 11) is 3.96. The van der Waals surface area contributed by atoms with E-state index >= 15 is 0 Å². The van der Waals surface area contributed by atoms with Crippen LogP contribution in [0.3, 0.4) is 0 Å². The van der Waals surface area contributed by atoms with Crippen LogP contribution in [0.1, 0.15) is 43.0 Å². The van der Waals surface area contributed by atoms with Gasteiger partial charge < -0.3 is 15.5 Å². The van der Waals surface area contributed by atoms with E-state index in [0.717, 1.165) is 36.1 Å². The number of nitrogens with zero attached hydrogens (tertiary/aromatic N) is 2. The number of hydrogen-bond donors (Lipinski definition) is 3. The van der Waals surface area contributed by atoms with Gasteiger partial charge >= 0.3 is 0 Å². The largest absolute Gasteiger partial charge is 0.378 e. The summed E-state index contributed by atoms with van der Waals surface area (Å²) in [5.74, 6) is -1.17. The molecule has 8 nitrogen and oxygen atoms in total. The Morgan fingerprint density at radius 3 is 2.39 bits per heavy atom. The first-order valence-corrected chi connectivity index (χ1v) is 11.2. The Kier molecular flexibility index (Phi) is 10.4. The van der Waals surface area contributed by atoms with E-state index in [1.165, 1.54) is 0 Å². The van der Waals surface area contributed by atoms with E-state index in [2.05, 4.69) is 17.6 Å². The van der Waals surface area contributed by atoms with Gasteiger partial charge in [-0.05, 0) is 41.8 Å². The summed E-state index contributed by atoms with van der Waals surface area (Å²) < 4.78 is 0. The average Bonchev–Trinajstić information content (AvgIpc) is 2.83. The van der Waals surface area contributed by atoms with Crippen molar-refractivity contribution in [3.05, 3.63) is 54.1 Å². The van der Waals surface area contributed by atoms with Gasteiger partial charge in [-0.3, -0.25) is 19.6 Å². The Hall–Kier alpha value is -3.39. The molecule has 2 aromatic carbocycles. The van der Waals surface area contributed by atoms with Crippen molar-refractivity contribution in [3.63, 3.8) is 0 Å². The van der Waals surface area contributed by atoms with Gasteiger partial charge in [0.15, 0.2) is 0 Å². The molecule has 33 heavy (non-hydrogen) atoms. The summed E-state index contributed by atoms with van der Waals surface area (Å²) >= 11 is 0. The minimum atomic E-state index is -0.544. The Labute approximate surface area is 195 Å². The molecular weight excluding hydrogens is 420 g/mol. The minimum Gasteiger partial charge on any atom is -0.378 e. The molecule has 0 heterocycles. The lowest BCUT2D eigenvalue weighted by Crippen LogP contribution is -2.43. The third-order valence-electron chi connectivity index (χ3n) is 5.41. The number of hydroxylamine groups is 2. The Morgan fingerprint density at radius 2 is 1.76 bits per heavy atom. The van der Waals surface area contributed by atoms with Crippen LogP contribution in [0.4, 0.5) is 5.69 Å². The molecule has 0 bridgehead atoms. The first-order chi connectivity index (χ1) is 15.8. The molecule has 0 fully saturated rings. The normalized spacial score (nSPS) is 11.4. The predicted octanol–water partition coefficient (Wildman–Crippen LogP) is 3.27. The van der Waals surface area contributed by atoms with Crippen LogP contribution in [-0.2, 0) is 9.59 Å². The number of hydrogen-bond acceptors (Lipinski definition) is 5. The molecule has 3 amide bonds. The van der Waals surface area contributed by atoms with Crippen molar-refractivity contribution in [1.29, 1.82) is 0 Å². The molecule has 8 heteroatoms. The quantitative estimate of drug-likeness (QED) is 0.142. The van der Waals surface area contributed by atoms with Gasteiger partial charge in [-0.15, -0.1) is 0 Å². The minimum absolute atomic E-state index is 0.0454. The van der Waals surface area contributed by atoms with Gasteiger partial charge in [-0.1, -0.05) is 50.5 Å². The van der Waals surface area contributed by atoms with E-state index in [1.54, 1.807) is 6.07 Å². The van der Waals surface area contributed by atoms with Crippen molar-refractivity contribution in [2.45, 2.75) is 32.6 Å². The third-order valence-corrected chi connectivity index (χ3v) is 5.41. The van der Waals surface area contributed by atoms with Gasteiger partial charge in [-0.25, -0.2) is 5.06 Å². The van der Waals surface area contributed by atoms with Gasteiger partial charge in [0.2, 0.25) is 12.3 Å². The summed E-state index contributed by atoms with van der Waals surface area (Å²) in [5.41, 5.74) is 3.50. The molecule has 2 rings (SSSR count). The van der Waals surface area contributed by atoms with Crippen LogP contribution in [0.2, 0.25) is 0 Å². The fraction of sp³-hybridized carbons (Fsp3) is 0.400. The molecule has 0 aromatic heterocycles. The number of carbonyl (C=O) groups excluding carboxylic acids is 3. The van der Waals surface area contributed by atoms with Crippen molar-refractivity contribution in [1.82, 2.24) is 15.7 Å². The van der Waals surface area contributed by atoms with Gasteiger partial charge in [0.25, 0.3) is 5.91 Å². The van der Waals surface area contributed by atoms with E-state index in [-0.39, 0.29) is 31.4 Å². The van der Waals surface area contributed by atoms with Crippen LogP contribution in [-0.4, -0.2) is 55.8 Å². The van der Waals surface area contributed by atoms with Crippen LogP contribution in [0.25, 0.3) is 11.1 Å². The van der Waals surface area contributed by atoms with Crippen molar-refractivity contribution in [2.75, 3.05) is 32.2 Å². The van der Waals surface area contributed by atoms with Gasteiger partial charge in [0, 0.05) is 25.3 Å². The van der Waals surface area contributed by atoms with E-state index in [4.69, 9.17) is 0 Å². The Bertz CT molecular complexity index is 915. The van der Waals surface area contributed by atoms with E-state index in [1.807, 2.05) is 61.5 Å². The number of anilines is 1. The van der Waals surface area contributed by atoms with Crippen molar-refractivity contribution < 1.29 is 19.6 Å². The zero-order valence-electron chi connectivity index (χ0n) is 19.6. The molecule has 1 atom stereocenters. The zero-order valence-corrected chi connectivity index (χ0v) is 19.6. The SMILES string of the molecule is CCCCC[C@H](CN(O)C=O)C(=O)NCNC(=O)c1cccc(-c2ccc(N(C)C)cc2)c1. The van der Waals surface area contributed by atoms with Gasteiger partial charge in [-0.2, -0.15) is 0 Å². The second-order valence-electron chi connectivity index (χ2n) is 8.17. The number of rotatable bonds is 13. The molecule has 0 aliphatic carbocycles. The van der Waals surface area contributed by atoms with Crippen molar-refractivity contribution in [3.8, 4) is 11.1 Å². The summed E-state index contributed by atoms with van der Waals surface area (Å²) in [6.45, 7) is 1.93. The lowest BCUT2D eigenvalue weighted by atomic mass is 10.0. The first kappa shape index (κ1) is 25.9. The highest BCUT2D eigenvalue weighted by molar-refractivity contribution is 5.95. The Balaban J connectivity index is 1.94. The maximum absolute atomic E-state index is 12.6. The predicted molar refractivity (Wildman–Crippen MR) is 129 cm³/mol. The topological polar surface area (TPSA) is 102 Å². The molecule has 3 N–H and O–H groups in total. The molecule has 2 aromatic rings. The van der Waals surface area contributed by atoms with Crippen LogP contribution < -0.4 is 15.5 Å². The van der Waals surface area contributed by atoms with Crippen LogP contribution in [0, 0.1) is 5.92 Å². The molecule has 0 aliphatic heterocycles. The number of carbonyl (C=O) groups is 3. The number of nitrogens with one attached hydrogen (secondary N) is 2. The highest BCUT2D eigenvalue weighted by Gasteiger charge is 2.20. The highest BCUT2D eigenvalue weighted by atomic mass is 16.5. The first-order valence-electron chi connectivity index (χ1n) is 11.2. The summed E-state index contributed by atoms with van der Waals surface area (Å²) in [6.07, 6.45) is 3.60. The average molecular weight is 455 g/mol. The lowest BCUT2D eigenvalue weighted by Gasteiger charge is -2.19. The molecule has 0 unspecified atom stereocenters. The standard InChI is InChI=1S/C25H34N4O4/c1-4-5-6-8-22(16-29(33)18-30)25(32)27-17-26-24(31)21-10-7-9-20(15-21)19-11-13-23(14-12-19)28(2)3/h7,9-15,18,22,33H,4-6,8,16-17H2,1-3H3,(H,26,31)(H,27,32)/t22-/m1/s1. The third kappa shape index (κ3) is 8.23. The molecule has 0 spiro atoms. The molecule has 178 valence electrons. The lowest BCUT2D eigenvalue weighted by molar-refractivity contribution is -0.154. The fourth-order valence-electron chi connectivity index (χ4n) is 3.46. The maximum Gasteiger partial charge on any atom is 0.252 e. The molecular formula is C25H34N4O4. The second-order valence-corrected chi connectivity index (χ2v) is 8.17. The summed E-state index contributed by atoms with van der Waals surface area (Å²) in [4.78, 5) is 37.8. The number of benzene rings is 2. The highest BCUT2D eigenvalue weighted by Crippen LogP contribution is 2.23. The van der Waals surface area contributed by atoms with Crippen LogP contribution in [0.15, 0.2) is 48.5 Å². The van der Waals surface area contributed by atoms with E-state index < -0.39 is 5.92 Å². The Morgan fingerprint density at radius 1 is 1.03 bits per heavy atom. The van der Waals surface area contributed by atoms with E-state index in [9.17, 15) is 19.6 Å². The van der Waals surface area contributed by atoms with Gasteiger partial charge in [0.1, 0.15) is 0 Å². The van der Waals surface area contributed by atoms with E-state index in [0.29, 0.717) is 17.0 Å². The zero-order chi connectivity index (χ0) is 24.2. The monoisotopic (exact) mass is 454 g/mol. The molecule has 0 radical (unpaired) electrons. The molecule has 0 saturated carbocycles. The molecule has 0 aliphatic rings. The second kappa shape index (κ2) is 13.2. The number of amides is 3. The maximum atomic E-state index is 12.6. The summed E-state index contributed by atoms with van der Waals surface area (Å²) in [5, 5.41) is 15.3. The van der Waals surface area contributed by atoms with Crippen molar-refractivity contribution >= 4 is 23.9 Å².